The summed E-state index contributed by atoms with van der Waals surface area (Å²) in [5.74, 6) is -0.811. The number of nitrogens with two attached hydrogens (primary N) is 1. The fraction of sp³-hybridized carbons (Fsp3) is 0.364. The third-order valence-electron chi connectivity index (χ3n) is 2.34. The molecule has 16 heavy (non-hydrogen) atoms. The number of rotatable bonds is 5. The fourth-order valence-electron chi connectivity index (χ4n) is 1.45. The molecule has 1 rings (SSSR count). The van der Waals surface area contributed by atoms with E-state index in [1.54, 1.807) is 19.2 Å². The van der Waals surface area contributed by atoms with E-state index in [9.17, 15) is 4.79 Å². The van der Waals surface area contributed by atoms with Crippen molar-refractivity contribution >= 4 is 17.7 Å². The Hall–Kier alpha value is -1.20. The topological polar surface area (TPSA) is 72.5 Å². The van der Waals surface area contributed by atoms with Gasteiger partial charge in [-0.2, -0.15) is 0 Å². The van der Waals surface area contributed by atoms with Crippen LogP contribution in [0, 0.1) is 0 Å². The summed E-state index contributed by atoms with van der Waals surface area (Å²) in [5, 5.41) is 9.00. The summed E-state index contributed by atoms with van der Waals surface area (Å²) in [7, 11) is 1.59. The molecule has 1 unspecified atom stereocenters. The molecule has 0 aliphatic heterocycles. The zero-order valence-electron chi connectivity index (χ0n) is 9.27. The summed E-state index contributed by atoms with van der Waals surface area (Å²) in [4.78, 5) is 11.9. The van der Waals surface area contributed by atoms with E-state index < -0.39 is 11.9 Å². The van der Waals surface area contributed by atoms with Crippen LogP contribution in [0.25, 0.3) is 0 Å². The zero-order valence-corrected chi connectivity index (χ0v) is 10.1. The Kier molecular flexibility index (Phi) is 4.64. The van der Waals surface area contributed by atoms with Gasteiger partial charge in [-0.1, -0.05) is 6.07 Å². The minimum absolute atomic E-state index is 0.0927. The zero-order chi connectivity index (χ0) is 12.1. The minimum atomic E-state index is -0.903. The smallest absolute Gasteiger partial charge is 0.312 e. The molecule has 0 bridgehead atoms. The number of thioether (sulfide) groups is 1. The Bertz CT molecular complexity index is 381. The lowest BCUT2D eigenvalue weighted by Gasteiger charge is -2.13. The summed E-state index contributed by atoms with van der Waals surface area (Å²) in [6.07, 6.45) is 1.92. The van der Waals surface area contributed by atoms with Gasteiger partial charge in [0, 0.05) is 11.4 Å². The van der Waals surface area contributed by atoms with Crippen molar-refractivity contribution in [2.75, 3.05) is 19.9 Å². The number of benzene rings is 1. The maximum absolute atomic E-state index is 11.0. The maximum atomic E-state index is 11.0. The van der Waals surface area contributed by atoms with Crippen molar-refractivity contribution in [2.24, 2.45) is 5.73 Å². The molecule has 4 nitrogen and oxygen atoms in total. The van der Waals surface area contributed by atoms with Crippen LogP contribution in [-0.4, -0.2) is 31.0 Å². The van der Waals surface area contributed by atoms with Crippen LogP contribution in [0.1, 0.15) is 11.5 Å². The molecule has 0 radical (unpaired) electrons. The van der Waals surface area contributed by atoms with Crippen LogP contribution >= 0.6 is 11.8 Å². The van der Waals surface area contributed by atoms with E-state index in [-0.39, 0.29) is 6.54 Å². The second-order valence-corrected chi connectivity index (χ2v) is 4.09. The van der Waals surface area contributed by atoms with E-state index in [0.29, 0.717) is 5.56 Å². The highest BCUT2D eigenvalue weighted by Crippen LogP contribution is 2.30. The van der Waals surface area contributed by atoms with Crippen LogP contribution in [0.5, 0.6) is 5.75 Å². The minimum Gasteiger partial charge on any atom is -0.496 e. The van der Waals surface area contributed by atoms with Crippen molar-refractivity contribution in [3.63, 3.8) is 0 Å². The number of hydrogen-bond acceptors (Lipinski definition) is 4. The quantitative estimate of drug-likeness (QED) is 0.765. The first-order chi connectivity index (χ1) is 7.63. The number of carbonyl (C=O) groups is 1. The van der Waals surface area contributed by atoms with Crippen molar-refractivity contribution in [1.82, 2.24) is 0 Å². The van der Waals surface area contributed by atoms with E-state index in [1.807, 2.05) is 12.3 Å². The van der Waals surface area contributed by atoms with Crippen LogP contribution in [0.4, 0.5) is 0 Å². The van der Waals surface area contributed by atoms with Crippen LogP contribution < -0.4 is 10.5 Å². The standard InChI is InChI=1S/C11H15NO3S/c1-15-9-4-3-7(5-10(9)16-2)8(6-12)11(13)14/h3-5,8H,6,12H2,1-2H3,(H,13,14). The Morgan fingerprint density at radius 1 is 1.62 bits per heavy atom. The predicted octanol–water partition coefficient (Wildman–Crippen LogP) is 1.54. The SMILES string of the molecule is COc1ccc(C(CN)C(=O)O)cc1SC. The molecule has 3 N–H and O–H groups in total. The number of methoxy groups -OCH3 is 1. The van der Waals surface area contributed by atoms with Gasteiger partial charge in [0.2, 0.25) is 0 Å². The van der Waals surface area contributed by atoms with Crippen molar-refractivity contribution in [3.05, 3.63) is 23.8 Å². The van der Waals surface area contributed by atoms with Crippen molar-refractivity contribution in [3.8, 4) is 5.75 Å². The Labute approximate surface area is 98.8 Å². The van der Waals surface area contributed by atoms with Gasteiger partial charge in [0.15, 0.2) is 0 Å². The highest BCUT2D eigenvalue weighted by Gasteiger charge is 2.19. The summed E-state index contributed by atoms with van der Waals surface area (Å²) in [5.41, 5.74) is 6.16. The van der Waals surface area contributed by atoms with Crippen LogP contribution in [0.2, 0.25) is 0 Å². The van der Waals surface area contributed by atoms with E-state index in [4.69, 9.17) is 15.6 Å². The third-order valence-corrected chi connectivity index (χ3v) is 3.10. The normalized spacial score (nSPS) is 12.2. The molecular formula is C11H15NO3S. The van der Waals surface area contributed by atoms with Gasteiger partial charge in [-0.25, -0.2) is 0 Å². The lowest BCUT2D eigenvalue weighted by molar-refractivity contribution is -0.138. The molecule has 0 heterocycles. The molecule has 88 valence electrons. The first-order valence-corrected chi connectivity index (χ1v) is 6.01. The molecule has 0 spiro atoms. The molecule has 0 aliphatic carbocycles. The Morgan fingerprint density at radius 3 is 2.75 bits per heavy atom. The lowest BCUT2D eigenvalue weighted by Crippen LogP contribution is -2.21. The van der Waals surface area contributed by atoms with Gasteiger partial charge in [0.1, 0.15) is 5.75 Å². The molecule has 0 saturated carbocycles. The third kappa shape index (κ3) is 2.68. The Morgan fingerprint density at radius 2 is 2.31 bits per heavy atom. The molecule has 0 saturated heterocycles. The summed E-state index contributed by atoms with van der Waals surface area (Å²) in [6, 6.07) is 5.33. The number of carboxylic acid groups (broad SMARTS) is 1. The lowest BCUT2D eigenvalue weighted by atomic mass is 9.99. The highest BCUT2D eigenvalue weighted by molar-refractivity contribution is 7.98. The van der Waals surface area contributed by atoms with Gasteiger partial charge in [0.25, 0.3) is 0 Å². The molecule has 0 fully saturated rings. The molecule has 1 atom stereocenters. The van der Waals surface area contributed by atoms with Crippen LogP contribution in [0.15, 0.2) is 23.1 Å². The van der Waals surface area contributed by atoms with Gasteiger partial charge in [-0.3, -0.25) is 4.79 Å². The van der Waals surface area contributed by atoms with E-state index in [0.717, 1.165) is 10.6 Å². The molecule has 0 aliphatic rings. The maximum Gasteiger partial charge on any atom is 0.312 e. The van der Waals surface area contributed by atoms with Crippen molar-refractivity contribution in [2.45, 2.75) is 10.8 Å². The number of carboxylic acids is 1. The number of ether oxygens (including phenoxy) is 1. The molecule has 0 amide bonds. The van der Waals surface area contributed by atoms with Gasteiger partial charge in [-0.15, -0.1) is 11.8 Å². The summed E-state index contributed by atoms with van der Waals surface area (Å²) in [6.45, 7) is 0.0927. The average Bonchev–Trinajstić information content (AvgIpc) is 2.29. The number of aliphatic carboxylic acids is 1. The fourth-order valence-corrected chi connectivity index (χ4v) is 2.06. The second kappa shape index (κ2) is 5.77. The van der Waals surface area contributed by atoms with E-state index in [2.05, 4.69) is 0 Å². The monoisotopic (exact) mass is 241 g/mol. The number of hydrogen-bond donors (Lipinski definition) is 2. The predicted molar refractivity (Wildman–Crippen MR) is 64.2 cm³/mol. The van der Waals surface area contributed by atoms with E-state index >= 15 is 0 Å². The van der Waals surface area contributed by atoms with Gasteiger partial charge < -0.3 is 15.6 Å². The average molecular weight is 241 g/mol. The Balaban J connectivity index is 3.11. The molecule has 1 aromatic carbocycles. The van der Waals surface area contributed by atoms with Crippen molar-refractivity contribution in [1.29, 1.82) is 0 Å². The van der Waals surface area contributed by atoms with Gasteiger partial charge >= 0.3 is 5.97 Å². The summed E-state index contributed by atoms with van der Waals surface area (Å²) >= 11 is 1.52. The highest BCUT2D eigenvalue weighted by atomic mass is 32.2. The van der Waals surface area contributed by atoms with E-state index in [1.165, 1.54) is 11.8 Å². The first kappa shape index (κ1) is 12.9. The molecular weight excluding hydrogens is 226 g/mol. The van der Waals surface area contributed by atoms with Gasteiger partial charge in [-0.05, 0) is 24.0 Å². The molecule has 0 aromatic heterocycles. The second-order valence-electron chi connectivity index (χ2n) is 3.24. The largest absolute Gasteiger partial charge is 0.496 e. The molecule has 1 aromatic rings. The van der Waals surface area contributed by atoms with Crippen molar-refractivity contribution < 1.29 is 14.6 Å². The van der Waals surface area contributed by atoms with Crippen LogP contribution in [0.3, 0.4) is 0 Å². The first-order valence-electron chi connectivity index (χ1n) is 4.78. The summed E-state index contributed by atoms with van der Waals surface area (Å²) < 4.78 is 5.17. The van der Waals surface area contributed by atoms with Gasteiger partial charge in [0.05, 0.1) is 13.0 Å². The molecule has 5 heteroatoms. The van der Waals surface area contributed by atoms with Crippen LogP contribution in [-0.2, 0) is 4.79 Å².